The number of anilines is 2. The molecule has 8 heterocycles. The molecule has 10 rings (SSSR count). The number of rotatable bonds is 11. The third-order valence-electron chi connectivity index (χ3n) is 14.4. The summed E-state index contributed by atoms with van der Waals surface area (Å²) in [5.41, 5.74) is 3.45. The molecule has 0 radical (unpaired) electrons. The van der Waals surface area contributed by atoms with E-state index in [1.165, 1.54) is 0 Å². The molecule has 4 fully saturated rings. The van der Waals surface area contributed by atoms with Gasteiger partial charge in [-0.25, -0.2) is 9.59 Å². The number of benzene rings is 2. The lowest BCUT2D eigenvalue weighted by Gasteiger charge is -2.43. The Morgan fingerprint density at radius 1 is 0.610 bits per heavy atom. The van der Waals surface area contributed by atoms with Gasteiger partial charge in [0.1, 0.15) is 12.1 Å². The lowest BCUT2D eigenvalue weighted by Crippen LogP contribution is -2.61. The van der Waals surface area contributed by atoms with Crippen LogP contribution < -0.4 is 10.6 Å². The number of ether oxygens (including phenoxy) is 4. The highest BCUT2D eigenvalue weighted by Crippen LogP contribution is 2.36. The van der Waals surface area contributed by atoms with Crippen molar-refractivity contribution in [1.29, 1.82) is 0 Å². The summed E-state index contributed by atoms with van der Waals surface area (Å²) in [6, 6.07) is 9.76. The van der Waals surface area contributed by atoms with Crippen LogP contribution in [0.1, 0.15) is 55.4 Å². The summed E-state index contributed by atoms with van der Waals surface area (Å²) >= 11 is 12.8. The largest absolute Gasteiger partial charge is 0.479 e. The van der Waals surface area contributed by atoms with Crippen molar-refractivity contribution in [2.75, 3.05) is 76.2 Å². The first-order valence-corrected chi connectivity index (χ1v) is 27.6. The Kier molecular flexibility index (Phi) is 19.1. The number of aliphatic hydroxyl groups is 2. The molecule has 2 aromatic carbocycles. The van der Waals surface area contributed by atoms with Crippen LogP contribution in [0.15, 0.2) is 61.2 Å². The van der Waals surface area contributed by atoms with Gasteiger partial charge >= 0.3 is 11.9 Å². The number of aliphatic carboxylic acids is 2. The van der Waals surface area contributed by atoms with Crippen LogP contribution in [0.4, 0.5) is 11.4 Å². The van der Waals surface area contributed by atoms with E-state index in [1.54, 1.807) is 36.9 Å². The Labute approximate surface area is 482 Å². The van der Waals surface area contributed by atoms with E-state index in [2.05, 4.69) is 30.6 Å². The average molecular weight is 1180 g/mol. The zero-order valence-electron chi connectivity index (χ0n) is 46.8. The number of morpholine rings is 4. The van der Waals surface area contributed by atoms with E-state index in [1.807, 2.05) is 99.3 Å². The summed E-state index contributed by atoms with van der Waals surface area (Å²) in [7, 11) is 0. The minimum absolute atomic E-state index is 0.0132. The number of aromatic nitrogens is 4. The van der Waals surface area contributed by atoms with Gasteiger partial charge in [-0.1, -0.05) is 23.2 Å². The summed E-state index contributed by atoms with van der Waals surface area (Å²) in [5.74, 6) is -4.06. The zero-order valence-corrected chi connectivity index (χ0v) is 48.3. The van der Waals surface area contributed by atoms with E-state index in [9.17, 15) is 28.8 Å². The van der Waals surface area contributed by atoms with E-state index in [0.29, 0.717) is 60.7 Å². The fraction of sp³-hybridized carbons (Fsp3) is 0.500. The van der Waals surface area contributed by atoms with Crippen molar-refractivity contribution < 1.29 is 68.1 Å². The SMILES string of the molecule is C[C@@H]1CN(C(=O)CN2CC(C)(C)OC[C@H]2C(=O)Nc2cc(Cl)cc3c2[nH]c2cnccc23)C[C@H](C)O1.C[C@@H]1CN(C(=O)CN2CC(C)(C)OC[C@H]2C(=O)Nc2cc(Cl)cc3c2[nH]c2cnccc23)C[C@H](C)O1.O=C(O)[C@H](O)[C@@H](O)C(=O)O. The van der Waals surface area contributed by atoms with Crippen LogP contribution in [0.25, 0.3) is 43.6 Å². The Morgan fingerprint density at radius 2 is 0.963 bits per heavy atom. The number of H-pyrrole nitrogens is 2. The summed E-state index contributed by atoms with van der Waals surface area (Å²) in [4.78, 5) is 95.7. The Balaban J connectivity index is 0.000000184. The molecule has 4 aliphatic rings. The lowest BCUT2D eigenvalue weighted by molar-refractivity contribution is -0.165. The molecule has 6 aromatic rings. The second-order valence-corrected chi connectivity index (χ2v) is 23.4. The molecule has 4 amide bonds. The third kappa shape index (κ3) is 14.8. The van der Waals surface area contributed by atoms with Gasteiger partial charge in [0, 0.05) is 83.3 Å². The second-order valence-electron chi connectivity index (χ2n) is 22.5. The number of carbonyl (C=O) groups excluding carboxylic acids is 4. The molecule has 442 valence electrons. The van der Waals surface area contributed by atoms with Crippen molar-refractivity contribution in [1.82, 2.24) is 39.5 Å². The van der Waals surface area contributed by atoms with Gasteiger partial charge in [0.25, 0.3) is 0 Å². The highest BCUT2D eigenvalue weighted by atomic mass is 35.5. The highest BCUT2D eigenvalue weighted by molar-refractivity contribution is 6.33. The van der Waals surface area contributed by atoms with Crippen LogP contribution in [0.3, 0.4) is 0 Å². The van der Waals surface area contributed by atoms with E-state index >= 15 is 0 Å². The maximum atomic E-state index is 13.6. The number of aromatic amines is 2. The number of nitrogens with one attached hydrogen (secondary N) is 4. The average Bonchev–Trinajstić information content (AvgIpc) is 3.73. The number of fused-ring (bicyclic) bond motifs is 6. The molecular formula is C56H70Cl2N10O14. The van der Waals surface area contributed by atoms with E-state index < -0.39 is 47.4 Å². The van der Waals surface area contributed by atoms with Crippen molar-refractivity contribution in [3.8, 4) is 0 Å². The van der Waals surface area contributed by atoms with Crippen LogP contribution in [-0.2, 0) is 47.7 Å². The van der Waals surface area contributed by atoms with Gasteiger partial charge in [-0.05, 0) is 91.8 Å². The molecule has 4 saturated heterocycles. The topological polar surface area (TPSA) is 315 Å². The number of hydrogen-bond donors (Lipinski definition) is 8. The van der Waals surface area contributed by atoms with Gasteiger partial charge in [-0.15, -0.1) is 0 Å². The molecule has 0 saturated carbocycles. The van der Waals surface area contributed by atoms with Crippen LogP contribution in [0, 0.1) is 0 Å². The number of hydrogen-bond acceptors (Lipinski definition) is 16. The summed E-state index contributed by atoms with van der Waals surface area (Å²) < 4.78 is 23.5. The molecule has 0 bridgehead atoms. The zero-order chi connectivity index (χ0) is 59.5. The quantitative estimate of drug-likeness (QED) is 0.0870. The number of amides is 4. The second kappa shape index (κ2) is 25.5. The standard InChI is InChI=1S/2C26H32ClN5O4.C4H6O6/c2*1-15-10-31(11-16(2)36-15)23(33)12-32-14-26(3,4)35-13-22(32)25(34)30-20-8-17(27)7-19-18-5-6-28-9-21(18)29-24(19)20;5-1(3(7)8)2(6)4(9)10/h2*5-9,15-16,22,29H,10-14H2,1-4H3,(H,30,34);1-2,5-6H,(H,7,8)(H,9,10)/t2*15-,16+,22-;1-,2-/m001/s1. The maximum Gasteiger partial charge on any atom is 0.335 e. The van der Waals surface area contributed by atoms with E-state index in [4.69, 9.17) is 62.6 Å². The molecule has 82 heavy (non-hydrogen) atoms. The number of nitrogens with zero attached hydrogens (tertiary/aromatic N) is 6. The number of carboxylic acids is 2. The van der Waals surface area contributed by atoms with Gasteiger partial charge in [0.05, 0.1) is 108 Å². The molecule has 26 heteroatoms. The monoisotopic (exact) mass is 1180 g/mol. The molecule has 0 aliphatic carbocycles. The first-order chi connectivity index (χ1) is 38.6. The number of halogens is 2. The predicted molar refractivity (Wildman–Crippen MR) is 306 cm³/mol. The fourth-order valence-corrected chi connectivity index (χ4v) is 11.2. The van der Waals surface area contributed by atoms with Crippen LogP contribution in [0.5, 0.6) is 0 Å². The maximum absolute atomic E-state index is 13.6. The van der Waals surface area contributed by atoms with Gasteiger partial charge in [-0.2, -0.15) is 0 Å². The van der Waals surface area contributed by atoms with Crippen molar-refractivity contribution >= 4 is 114 Å². The number of pyridine rings is 2. The van der Waals surface area contributed by atoms with Gasteiger partial charge < -0.3 is 69.8 Å². The summed E-state index contributed by atoms with van der Waals surface area (Å²) in [5, 5.41) is 43.4. The van der Waals surface area contributed by atoms with Crippen molar-refractivity contribution in [2.24, 2.45) is 0 Å². The van der Waals surface area contributed by atoms with Crippen molar-refractivity contribution in [3.05, 3.63) is 71.2 Å². The molecular weight excluding hydrogens is 1110 g/mol. The summed E-state index contributed by atoms with van der Waals surface area (Å²) in [6.07, 6.45) is 2.32. The van der Waals surface area contributed by atoms with E-state index in [0.717, 1.165) is 43.6 Å². The van der Waals surface area contributed by atoms with Crippen molar-refractivity contribution in [2.45, 2.75) is 115 Å². The Hall–Kier alpha value is -6.58. The van der Waals surface area contributed by atoms with Crippen LogP contribution in [0.2, 0.25) is 10.0 Å². The Bertz CT molecular complexity index is 3120. The van der Waals surface area contributed by atoms with Gasteiger partial charge in [-0.3, -0.25) is 38.9 Å². The third-order valence-corrected chi connectivity index (χ3v) is 14.8. The first-order valence-electron chi connectivity index (χ1n) is 26.8. The molecule has 0 spiro atoms. The molecule has 8 atom stereocenters. The minimum atomic E-state index is -2.27. The predicted octanol–water partition coefficient (Wildman–Crippen LogP) is 4.72. The molecule has 0 unspecified atom stereocenters. The summed E-state index contributed by atoms with van der Waals surface area (Å²) in [6.45, 7) is 19.5. The van der Waals surface area contributed by atoms with E-state index in [-0.39, 0.29) is 74.3 Å². The molecule has 24 nitrogen and oxygen atoms in total. The number of carboxylic acid groups (broad SMARTS) is 2. The number of carbonyl (C=O) groups is 6. The number of aliphatic hydroxyl groups excluding tert-OH is 2. The molecule has 4 aliphatic heterocycles. The first kappa shape index (κ1) is 61.5. The smallest absolute Gasteiger partial charge is 0.335 e. The fourth-order valence-electron chi connectivity index (χ4n) is 10.8. The Morgan fingerprint density at radius 3 is 1.30 bits per heavy atom. The normalized spacial score (nSPS) is 23.7. The van der Waals surface area contributed by atoms with Gasteiger partial charge in [0.2, 0.25) is 23.6 Å². The molecule has 8 N–H and O–H groups in total. The van der Waals surface area contributed by atoms with Crippen LogP contribution >= 0.6 is 23.2 Å². The highest BCUT2D eigenvalue weighted by Gasteiger charge is 2.42. The lowest BCUT2D eigenvalue weighted by atomic mass is 10.0. The van der Waals surface area contributed by atoms with Gasteiger partial charge in [0.15, 0.2) is 12.2 Å². The van der Waals surface area contributed by atoms with Crippen molar-refractivity contribution in [3.63, 3.8) is 0 Å². The van der Waals surface area contributed by atoms with Crippen LogP contribution in [-0.4, -0.2) is 221 Å². The minimum Gasteiger partial charge on any atom is -0.479 e. The molecule has 4 aromatic heterocycles.